The average molecular weight is 354 g/mol. The standard InChI is InChI=1S/C21H23FN2O2/c22-17-7-5-16(6-8-17)20-18-4-2-1-3-15(18)9-10-24(20)21(25)19-11-14(12-23)13-26-19/h1-8,14,19-20H,9-13,23H2/t14?,19-,20+/m1/s1. The Morgan fingerprint density at radius 1 is 1.19 bits per heavy atom. The van der Waals surface area contributed by atoms with Gasteiger partial charge in [-0.15, -0.1) is 0 Å². The highest BCUT2D eigenvalue weighted by Gasteiger charge is 2.38. The minimum atomic E-state index is -0.434. The number of amides is 1. The largest absolute Gasteiger partial charge is 0.368 e. The highest BCUT2D eigenvalue weighted by atomic mass is 19.1. The molecule has 1 fully saturated rings. The van der Waals surface area contributed by atoms with Crippen LogP contribution in [0.1, 0.15) is 29.2 Å². The van der Waals surface area contributed by atoms with Crippen LogP contribution in [0.2, 0.25) is 0 Å². The molecular weight excluding hydrogens is 331 g/mol. The van der Waals surface area contributed by atoms with Crippen molar-refractivity contribution >= 4 is 5.91 Å². The van der Waals surface area contributed by atoms with Crippen LogP contribution in [0.25, 0.3) is 0 Å². The van der Waals surface area contributed by atoms with Crippen molar-refractivity contribution < 1.29 is 13.9 Å². The van der Waals surface area contributed by atoms with Crippen molar-refractivity contribution in [3.63, 3.8) is 0 Å². The molecule has 2 heterocycles. The van der Waals surface area contributed by atoms with Gasteiger partial charge in [0.25, 0.3) is 5.91 Å². The molecule has 2 N–H and O–H groups in total. The molecule has 1 saturated heterocycles. The summed E-state index contributed by atoms with van der Waals surface area (Å²) >= 11 is 0. The van der Waals surface area contributed by atoms with E-state index >= 15 is 0 Å². The van der Waals surface area contributed by atoms with Gasteiger partial charge in [-0.05, 0) is 54.1 Å². The lowest BCUT2D eigenvalue weighted by Crippen LogP contribution is -2.45. The molecule has 3 atom stereocenters. The lowest BCUT2D eigenvalue weighted by Gasteiger charge is -2.39. The van der Waals surface area contributed by atoms with Gasteiger partial charge in [-0.25, -0.2) is 4.39 Å². The fourth-order valence-electron chi connectivity index (χ4n) is 4.02. The fourth-order valence-corrected chi connectivity index (χ4v) is 4.02. The third-order valence-corrected chi connectivity index (χ3v) is 5.44. The maximum Gasteiger partial charge on any atom is 0.252 e. The molecule has 0 spiro atoms. The Balaban J connectivity index is 1.69. The van der Waals surface area contributed by atoms with E-state index in [1.165, 1.54) is 17.7 Å². The maximum atomic E-state index is 13.4. The highest BCUT2D eigenvalue weighted by molar-refractivity contribution is 5.82. The molecule has 1 amide bonds. The van der Waals surface area contributed by atoms with E-state index in [2.05, 4.69) is 12.1 Å². The first-order valence-corrected chi connectivity index (χ1v) is 9.13. The number of ether oxygens (including phenoxy) is 1. The number of hydrogen-bond acceptors (Lipinski definition) is 3. The summed E-state index contributed by atoms with van der Waals surface area (Å²) in [6.45, 7) is 1.71. The van der Waals surface area contributed by atoms with Crippen LogP contribution in [0.5, 0.6) is 0 Å². The van der Waals surface area contributed by atoms with Crippen LogP contribution in [0.4, 0.5) is 4.39 Å². The van der Waals surface area contributed by atoms with Crippen LogP contribution < -0.4 is 5.73 Å². The molecule has 2 aromatic rings. The number of carbonyl (C=O) groups excluding carboxylic acids is 1. The Hall–Kier alpha value is -2.24. The zero-order chi connectivity index (χ0) is 18.1. The molecule has 2 aromatic carbocycles. The second-order valence-electron chi connectivity index (χ2n) is 7.09. The van der Waals surface area contributed by atoms with Gasteiger partial charge in [-0.3, -0.25) is 4.79 Å². The van der Waals surface area contributed by atoms with Crippen molar-refractivity contribution in [2.45, 2.75) is 25.0 Å². The molecule has 136 valence electrons. The SMILES string of the molecule is NCC1CO[C@@H](C(=O)N2CCc3ccccc3[C@@H]2c2ccc(F)cc2)C1. The zero-order valence-electron chi connectivity index (χ0n) is 14.6. The first-order valence-electron chi connectivity index (χ1n) is 9.13. The molecular formula is C21H23FN2O2. The molecule has 4 rings (SSSR count). The summed E-state index contributed by atoms with van der Waals surface area (Å²) in [5.41, 5.74) is 8.98. The third-order valence-electron chi connectivity index (χ3n) is 5.44. The van der Waals surface area contributed by atoms with Crippen molar-refractivity contribution in [3.05, 3.63) is 71.0 Å². The molecule has 4 nitrogen and oxygen atoms in total. The van der Waals surface area contributed by atoms with Crippen molar-refractivity contribution in [2.24, 2.45) is 11.7 Å². The van der Waals surface area contributed by atoms with Gasteiger partial charge in [0.15, 0.2) is 0 Å². The second-order valence-corrected chi connectivity index (χ2v) is 7.09. The zero-order valence-corrected chi connectivity index (χ0v) is 14.6. The predicted molar refractivity (Wildman–Crippen MR) is 97.0 cm³/mol. The first-order chi connectivity index (χ1) is 12.7. The normalized spacial score (nSPS) is 25.2. The smallest absolute Gasteiger partial charge is 0.252 e. The van der Waals surface area contributed by atoms with E-state index < -0.39 is 6.10 Å². The molecule has 2 aliphatic heterocycles. The molecule has 2 aliphatic rings. The van der Waals surface area contributed by atoms with Crippen LogP contribution in [0.15, 0.2) is 48.5 Å². The van der Waals surface area contributed by atoms with E-state index in [0.717, 1.165) is 17.5 Å². The molecule has 1 unspecified atom stereocenters. The minimum Gasteiger partial charge on any atom is -0.368 e. The molecule has 5 heteroatoms. The summed E-state index contributed by atoms with van der Waals surface area (Å²) in [4.78, 5) is 15.1. The van der Waals surface area contributed by atoms with Crippen molar-refractivity contribution in [1.29, 1.82) is 0 Å². The van der Waals surface area contributed by atoms with Gasteiger partial charge in [0.05, 0.1) is 12.6 Å². The molecule has 0 aromatic heterocycles. The number of carbonyl (C=O) groups is 1. The van der Waals surface area contributed by atoms with E-state index in [0.29, 0.717) is 26.1 Å². The summed E-state index contributed by atoms with van der Waals surface area (Å²) in [6, 6.07) is 14.4. The van der Waals surface area contributed by atoms with Gasteiger partial charge in [-0.2, -0.15) is 0 Å². The van der Waals surface area contributed by atoms with Crippen LogP contribution in [0, 0.1) is 11.7 Å². The molecule has 0 bridgehead atoms. The highest BCUT2D eigenvalue weighted by Crippen LogP contribution is 2.36. The number of halogens is 1. The van der Waals surface area contributed by atoms with E-state index in [4.69, 9.17) is 10.5 Å². The van der Waals surface area contributed by atoms with Crippen LogP contribution >= 0.6 is 0 Å². The predicted octanol–water partition coefficient (Wildman–Crippen LogP) is 2.66. The maximum absolute atomic E-state index is 13.4. The quantitative estimate of drug-likeness (QED) is 0.922. The van der Waals surface area contributed by atoms with Gasteiger partial charge >= 0.3 is 0 Å². The van der Waals surface area contributed by atoms with Gasteiger partial charge < -0.3 is 15.4 Å². The summed E-state index contributed by atoms with van der Waals surface area (Å²) < 4.78 is 19.2. The second kappa shape index (κ2) is 7.17. The number of nitrogens with two attached hydrogens (primary N) is 1. The Labute approximate surface area is 152 Å². The Bertz CT molecular complexity index is 793. The van der Waals surface area contributed by atoms with Crippen LogP contribution in [0.3, 0.4) is 0 Å². The van der Waals surface area contributed by atoms with Crippen molar-refractivity contribution in [2.75, 3.05) is 19.7 Å². The molecule has 0 radical (unpaired) electrons. The van der Waals surface area contributed by atoms with Gasteiger partial charge in [-0.1, -0.05) is 36.4 Å². The Kier molecular flexibility index (Phi) is 4.74. The summed E-state index contributed by atoms with van der Waals surface area (Å²) in [5.74, 6) is -0.0317. The third kappa shape index (κ3) is 3.13. The number of nitrogens with zero attached hydrogens (tertiary/aromatic N) is 1. The minimum absolute atomic E-state index is 0.00442. The summed E-state index contributed by atoms with van der Waals surface area (Å²) in [5, 5.41) is 0. The van der Waals surface area contributed by atoms with Crippen LogP contribution in [-0.2, 0) is 16.0 Å². The van der Waals surface area contributed by atoms with Gasteiger partial charge in [0.2, 0.25) is 0 Å². The van der Waals surface area contributed by atoms with E-state index in [1.54, 1.807) is 12.1 Å². The van der Waals surface area contributed by atoms with Gasteiger partial charge in [0, 0.05) is 6.54 Å². The summed E-state index contributed by atoms with van der Waals surface area (Å²) in [6.07, 6.45) is 1.05. The van der Waals surface area contributed by atoms with E-state index in [9.17, 15) is 9.18 Å². The van der Waals surface area contributed by atoms with E-state index in [-0.39, 0.29) is 23.7 Å². The molecule has 0 aliphatic carbocycles. The number of fused-ring (bicyclic) bond motifs is 1. The number of hydrogen-bond donors (Lipinski definition) is 1. The topological polar surface area (TPSA) is 55.6 Å². The Morgan fingerprint density at radius 3 is 2.69 bits per heavy atom. The lowest BCUT2D eigenvalue weighted by atomic mass is 9.87. The number of rotatable bonds is 3. The monoisotopic (exact) mass is 354 g/mol. The fraction of sp³-hybridized carbons (Fsp3) is 0.381. The first kappa shape index (κ1) is 17.2. The summed E-state index contributed by atoms with van der Waals surface area (Å²) in [7, 11) is 0. The molecule has 26 heavy (non-hydrogen) atoms. The van der Waals surface area contributed by atoms with Crippen molar-refractivity contribution in [3.8, 4) is 0 Å². The average Bonchev–Trinajstić information content (AvgIpc) is 3.16. The molecule has 0 saturated carbocycles. The van der Waals surface area contributed by atoms with Crippen molar-refractivity contribution in [1.82, 2.24) is 4.90 Å². The van der Waals surface area contributed by atoms with Gasteiger partial charge in [0.1, 0.15) is 11.9 Å². The van der Waals surface area contributed by atoms with Crippen LogP contribution in [-0.4, -0.2) is 36.6 Å². The Morgan fingerprint density at radius 2 is 1.96 bits per heavy atom. The van der Waals surface area contributed by atoms with E-state index in [1.807, 2.05) is 17.0 Å². The lowest BCUT2D eigenvalue weighted by molar-refractivity contribution is -0.143. The number of benzene rings is 2.